The summed E-state index contributed by atoms with van der Waals surface area (Å²) in [6.07, 6.45) is 2.99. The van der Waals surface area contributed by atoms with Gasteiger partial charge in [0.2, 0.25) is 0 Å². The summed E-state index contributed by atoms with van der Waals surface area (Å²) in [4.78, 5) is 28.7. The summed E-state index contributed by atoms with van der Waals surface area (Å²) < 4.78 is 0. The Bertz CT molecular complexity index is 1130. The molecule has 1 aliphatic heterocycles. The third-order valence-electron chi connectivity index (χ3n) is 4.93. The lowest BCUT2D eigenvalue weighted by Gasteiger charge is -2.22. The van der Waals surface area contributed by atoms with Gasteiger partial charge in [-0.2, -0.15) is 0 Å². The molecule has 0 unspecified atom stereocenters. The summed E-state index contributed by atoms with van der Waals surface area (Å²) in [5.74, 6) is -0.526. The molecular weight excluding hydrogens is 463 g/mol. The highest BCUT2D eigenvalue weighted by Gasteiger charge is 2.25. The molecule has 4 nitrogen and oxygen atoms in total. The Morgan fingerprint density at radius 1 is 0.933 bits per heavy atom. The van der Waals surface area contributed by atoms with E-state index in [4.69, 9.17) is 34.8 Å². The number of rotatable bonds is 3. The van der Waals surface area contributed by atoms with Crippen LogP contribution in [0.1, 0.15) is 38.4 Å². The highest BCUT2D eigenvalue weighted by Crippen LogP contribution is 2.33. The second kappa shape index (κ2) is 8.98. The molecule has 4 rings (SSSR count). The lowest BCUT2D eigenvalue weighted by Crippen LogP contribution is -2.31. The van der Waals surface area contributed by atoms with E-state index in [-0.39, 0.29) is 21.9 Å². The third-order valence-corrected chi connectivity index (χ3v) is 6.76. The maximum Gasteiger partial charge on any atom is 0.259 e. The number of aryl methyl sites for hydroxylation is 1. The zero-order valence-electron chi connectivity index (χ0n) is 15.8. The van der Waals surface area contributed by atoms with Gasteiger partial charge in [0.25, 0.3) is 11.8 Å². The summed E-state index contributed by atoms with van der Waals surface area (Å²) in [6.45, 7) is 0.659. The lowest BCUT2D eigenvalue weighted by atomic mass is 10.1. The highest BCUT2D eigenvalue weighted by molar-refractivity contribution is 7.10. The molecule has 0 saturated heterocycles. The topological polar surface area (TPSA) is 49.4 Å². The van der Waals surface area contributed by atoms with Gasteiger partial charge in [-0.25, -0.2) is 0 Å². The van der Waals surface area contributed by atoms with Gasteiger partial charge < -0.3 is 10.2 Å². The van der Waals surface area contributed by atoms with E-state index in [1.54, 1.807) is 46.6 Å². The molecule has 0 aliphatic carbocycles. The molecule has 0 atom stereocenters. The molecule has 3 aromatic rings. The Morgan fingerprint density at radius 3 is 2.47 bits per heavy atom. The quantitative estimate of drug-likeness (QED) is 0.442. The van der Waals surface area contributed by atoms with Crippen LogP contribution in [0.5, 0.6) is 0 Å². The molecule has 0 fully saturated rings. The van der Waals surface area contributed by atoms with Crippen molar-refractivity contribution in [3.63, 3.8) is 0 Å². The fraction of sp³-hybridized carbons (Fsp3) is 0.182. The fourth-order valence-corrected chi connectivity index (χ4v) is 5.11. The lowest BCUT2D eigenvalue weighted by molar-refractivity contribution is 0.0986. The van der Waals surface area contributed by atoms with Crippen LogP contribution in [0.15, 0.2) is 47.8 Å². The Kier molecular flexibility index (Phi) is 6.34. The SMILES string of the molecule is O=C(Nc1ccc(C(=O)N2CCCCc3sccc32)c(Cl)c1)c1ccc(Cl)cc1Cl. The van der Waals surface area contributed by atoms with E-state index in [1.807, 2.05) is 11.4 Å². The number of hydrogen-bond donors (Lipinski definition) is 1. The van der Waals surface area contributed by atoms with E-state index >= 15 is 0 Å². The van der Waals surface area contributed by atoms with Gasteiger partial charge in [0.1, 0.15) is 0 Å². The van der Waals surface area contributed by atoms with E-state index in [0.29, 0.717) is 28.4 Å². The van der Waals surface area contributed by atoms with Crippen molar-refractivity contribution in [3.05, 3.63) is 78.9 Å². The van der Waals surface area contributed by atoms with Gasteiger partial charge in [-0.05, 0) is 67.1 Å². The van der Waals surface area contributed by atoms with Gasteiger partial charge in [0.15, 0.2) is 0 Å². The number of halogens is 3. The van der Waals surface area contributed by atoms with Crippen LogP contribution in [-0.2, 0) is 6.42 Å². The van der Waals surface area contributed by atoms with E-state index < -0.39 is 0 Å². The van der Waals surface area contributed by atoms with Crippen LogP contribution in [0, 0.1) is 0 Å². The average molecular weight is 480 g/mol. The molecule has 0 saturated carbocycles. The first-order valence-electron chi connectivity index (χ1n) is 9.38. The third kappa shape index (κ3) is 4.35. The van der Waals surface area contributed by atoms with Gasteiger partial charge in [-0.1, -0.05) is 34.8 Å². The molecule has 30 heavy (non-hydrogen) atoms. The van der Waals surface area contributed by atoms with Gasteiger partial charge in [-0.3, -0.25) is 9.59 Å². The van der Waals surface area contributed by atoms with Crippen molar-refractivity contribution < 1.29 is 9.59 Å². The predicted molar refractivity (Wildman–Crippen MR) is 125 cm³/mol. The van der Waals surface area contributed by atoms with Crippen molar-refractivity contribution in [1.29, 1.82) is 0 Å². The molecule has 8 heteroatoms. The van der Waals surface area contributed by atoms with E-state index in [9.17, 15) is 9.59 Å². The highest BCUT2D eigenvalue weighted by atomic mass is 35.5. The van der Waals surface area contributed by atoms with E-state index in [2.05, 4.69) is 5.32 Å². The van der Waals surface area contributed by atoms with Crippen LogP contribution in [0.3, 0.4) is 0 Å². The largest absolute Gasteiger partial charge is 0.322 e. The molecule has 154 valence electrons. The van der Waals surface area contributed by atoms with Gasteiger partial charge in [0.05, 0.1) is 26.9 Å². The van der Waals surface area contributed by atoms with Crippen molar-refractivity contribution in [1.82, 2.24) is 0 Å². The van der Waals surface area contributed by atoms with Crippen LogP contribution < -0.4 is 10.2 Å². The monoisotopic (exact) mass is 478 g/mol. The number of carbonyl (C=O) groups excluding carboxylic acids is 2. The minimum atomic E-state index is -0.387. The Labute approximate surface area is 193 Å². The zero-order valence-corrected chi connectivity index (χ0v) is 18.8. The Hall–Kier alpha value is -2.05. The number of fused-ring (bicyclic) bond motifs is 1. The zero-order chi connectivity index (χ0) is 21.3. The molecule has 0 spiro atoms. The van der Waals surface area contributed by atoms with E-state index in [0.717, 1.165) is 24.9 Å². The number of anilines is 2. The summed E-state index contributed by atoms with van der Waals surface area (Å²) in [5, 5.41) is 5.75. The summed E-state index contributed by atoms with van der Waals surface area (Å²) >= 11 is 20.1. The molecule has 1 aliphatic rings. The van der Waals surface area contributed by atoms with Crippen LogP contribution in [0.25, 0.3) is 0 Å². The Morgan fingerprint density at radius 2 is 1.70 bits per heavy atom. The van der Waals surface area contributed by atoms with Gasteiger partial charge in [-0.15, -0.1) is 11.3 Å². The van der Waals surface area contributed by atoms with Crippen molar-refractivity contribution in [2.24, 2.45) is 0 Å². The van der Waals surface area contributed by atoms with Crippen LogP contribution in [0.2, 0.25) is 15.1 Å². The van der Waals surface area contributed by atoms with Crippen molar-refractivity contribution in [3.8, 4) is 0 Å². The number of nitrogens with one attached hydrogen (secondary N) is 1. The fourth-order valence-electron chi connectivity index (χ4n) is 3.43. The molecule has 0 bridgehead atoms. The van der Waals surface area contributed by atoms with E-state index in [1.165, 1.54) is 10.9 Å². The van der Waals surface area contributed by atoms with Crippen molar-refractivity contribution in [2.45, 2.75) is 19.3 Å². The standard InChI is InChI=1S/C22H17Cl3N2O2S/c23-13-4-6-15(17(24)11-13)21(28)26-14-5-7-16(18(25)12-14)22(29)27-9-2-1-3-20-19(27)8-10-30-20/h4-8,10-12H,1-3,9H2,(H,26,28). The minimum Gasteiger partial charge on any atom is -0.322 e. The first kappa shape index (κ1) is 21.2. The first-order valence-corrected chi connectivity index (χ1v) is 11.4. The van der Waals surface area contributed by atoms with Crippen LogP contribution in [0.4, 0.5) is 11.4 Å². The summed E-state index contributed by atoms with van der Waals surface area (Å²) in [7, 11) is 0. The number of amides is 2. The van der Waals surface area contributed by atoms with Crippen LogP contribution in [-0.4, -0.2) is 18.4 Å². The normalized spacial score (nSPS) is 13.5. The number of nitrogens with zero attached hydrogens (tertiary/aromatic N) is 1. The second-order valence-corrected chi connectivity index (χ2v) is 9.17. The smallest absolute Gasteiger partial charge is 0.259 e. The van der Waals surface area contributed by atoms with Crippen LogP contribution >= 0.6 is 46.1 Å². The molecule has 1 N–H and O–H groups in total. The van der Waals surface area contributed by atoms with Gasteiger partial charge in [0, 0.05) is 22.1 Å². The Balaban J connectivity index is 1.55. The second-order valence-electron chi connectivity index (χ2n) is 6.92. The average Bonchev–Trinajstić information content (AvgIpc) is 3.06. The number of thiophene rings is 1. The molecule has 0 radical (unpaired) electrons. The van der Waals surface area contributed by atoms with Crippen molar-refractivity contribution in [2.75, 3.05) is 16.8 Å². The first-order chi connectivity index (χ1) is 14.4. The maximum atomic E-state index is 13.2. The molecular formula is C22H17Cl3N2O2S. The summed E-state index contributed by atoms with van der Waals surface area (Å²) in [6, 6.07) is 11.5. The number of benzene rings is 2. The number of hydrogen-bond acceptors (Lipinski definition) is 3. The van der Waals surface area contributed by atoms with Crippen molar-refractivity contribution >= 4 is 69.3 Å². The maximum absolute atomic E-state index is 13.2. The molecule has 2 amide bonds. The molecule has 2 aromatic carbocycles. The molecule has 2 heterocycles. The predicted octanol–water partition coefficient (Wildman–Crippen LogP) is 6.94. The minimum absolute atomic E-state index is 0.139. The van der Waals surface area contributed by atoms with Gasteiger partial charge >= 0.3 is 0 Å². The molecule has 1 aromatic heterocycles. The number of carbonyl (C=O) groups is 2. The summed E-state index contributed by atoms with van der Waals surface area (Å²) in [5.41, 5.74) is 2.14.